The minimum atomic E-state index is -2.09. The molecular formula is C50H41IrN3O-2. The van der Waals surface area contributed by atoms with Crippen LogP contribution in [0.15, 0.2) is 162 Å². The van der Waals surface area contributed by atoms with Gasteiger partial charge in [0, 0.05) is 53.4 Å². The molecule has 0 N–H and O–H groups in total. The van der Waals surface area contributed by atoms with Crippen LogP contribution < -0.4 is 0 Å². The Kier molecular flexibility index (Phi) is 9.71. The first-order valence-corrected chi connectivity index (χ1v) is 18.1. The molecular weight excluding hydrogens is 851 g/mol. The van der Waals surface area contributed by atoms with Crippen LogP contribution in [0, 0.1) is 26.1 Å². The van der Waals surface area contributed by atoms with Gasteiger partial charge in [-0.25, -0.2) is 0 Å². The number of para-hydroxylation sites is 2. The van der Waals surface area contributed by atoms with Crippen molar-refractivity contribution in [2.45, 2.75) is 40.0 Å². The molecule has 0 bridgehead atoms. The van der Waals surface area contributed by atoms with Gasteiger partial charge in [0.05, 0.1) is 22.5 Å². The van der Waals surface area contributed by atoms with E-state index in [1.54, 1.807) is 18.2 Å². The third kappa shape index (κ3) is 7.73. The van der Waals surface area contributed by atoms with Gasteiger partial charge in [0.2, 0.25) is 0 Å². The fourth-order valence-electron chi connectivity index (χ4n) is 6.83. The number of hydrogen-bond acceptors (Lipinski definition) is 3. The Labute approximate surface area is 341 Å². The summed E-state index contributed by atoms with van der Waals surface area (Å²) in [6, 6.07) is 54.4. The van der Waals surface area contributed by atoms with E-state index in [0.717, 1.165) is 72.6 Å². The first-order chi connectivity index (χ1) is 27.5. The van der Waals surface area contributed by atoms with Crippen molar-refractivity contribution in [1.82, 2.24) is 14.5 Å². The monoisotopic (exact) mass is 895 g/mol. The van der Waals surface area contributed by atoms with Crippen LogP contribution in [0.3, 0.4) is 0 Å². The number of pyridine rings is 1. The van der Waals surface area contributed by atoms with Crippen LogP contribution >= 0.6 is 0 Å². The average Bonchev–Trinajstić information content (AvgIpc) is 3.82. The standard InChI is InChI=1S/C38H31N2O.C12H10N.Ir/c1-25-21-29(26-13-7-5-8-14-26)36(30(22-25)27-15-9-6-10-16-27)40-34-18-12-11-17-33(34)39-37(40)32-24-41-35-20-19-28(23-31(32)35)38(2,3)4;1-10-7-8-12(13-9-10)11-5-3-2-4-6-11;/h5-23H,1-4H3;2-5,7-9H,1H3;/q2*-1;/i;1D3;. The summed E-state index contributed by atoms with van der Waals surface area (Å²) in [7, 11) is 0. The van der Waals surface area contributed by atoms with Gasteiger partial charge in [-0.1, -0.05) is 140 Å². The third-order valence-electron chi connectivity index (χ3n) is 9.56. The van der Waals surface area contributed by atoms with E-state index in [1.807, 2.05) is 24.3 Å². The number of aryl methyl sites for hydroxylation is 2. The van der Waals surface area contributed by atoms with E-state index in [9.17, 15) is 0 Å². The summed E-state index contributed by atoms with van der Waals surface area (Å²) >= 11 is 0. The van der Waals surface area contributed by atoms with Gasteiger partial charge >= 0.3 is 0 Å². The van der Waals surface area contributed by atoms with E-state index in [4.69, 9.17) is 13.5 Å². The number of rotatable bonds is 5. The van der Waals surface area contributed by atoms with Crippen molar-refractivity contribution in [3.8, 4) is 50.6 Å². The van der Waals surface area contributed by atoms with E-state index < -0.39 is 6.85 Å². The van der Waals surface area contributed by atoms with Crippen molar-refractivity contribution in [2.75, 3.05) is 0 Å². The zero-order valence-corrected chi connectivity index (χ0v) is 33.5. The van der Waals surface area contributed by atoms with Gasteiger partial charge in [-0.3, -0.25) is 4.98 Å². The topological polar surface area (TPSA) is 43.9 Å². The molecule has 0 aliphatic carbocycles. The van der Waals surface area contributed by atoms with Crippen molar-refractivity contribution in [3.05, 3.63) is 187 Å². The van der Waals surface area contributed by atoms with Gasteiger partial charge in [-0.2, -0.15) is 0 Å². The van der Waals surface area contributed by atoms with Gasteiger partial charge in [0.1, 0.15) is 0 Å². The minimum Gasteiger partial charge on any atom is -0.557 e. The van der Waals surface area contributed by atoms with Crippen LogP contribution in [0.4, 0.5) is 0 Å². The third-order valence-corrected chi connectivity index (χ3v) is 9.56. The molecule has 0 atom stereocenters. The van der Waals surface area contributed by atoms with Gasteiger partial charge < -0.3 is 14.0 Å². The van der Waals surface area contributed by atoms with Crippen molar-refractivity contribution in [2.24, 2.45) is 0 Å². The summed E-state index contributed by atoms with van der Waals surface area (Å²) in [5.41, 5.74) is 13.6. The second-order valence-corrected chi connectivity index (χ2v) is 14.4. The molecule has 0 spiro atoms. The van der Waals surface area contributed by atoms with E-state index in [0.29, 0.717) is 0 Å². The molecule has 0 aliphatic heterocycles. The molecule has 273 valence electrons. The Balaban J connectivity index is 0.000000254. The van der Waals surface area contributed by atoms with Gasteiger partial charge in [0.25, 0.3) is 0 Å². The summed E-state index contributed by atoms with van der Waals surface area (Å²) in [4.78, 5) is 9.36. The number of hydrogen-bond donors (Lipinski definition) is 0. The first kappa shape index (κ1) is 33.7. The maximum Gasteiger partial charge on any atom is 0.0774 e. The number of furan rings is 1. The molecule has 4 nitrogen and oxygen atoms in total. The van der Waals surface area contributed by atoms with Crippen LogP contribution in [0.2, 0.25) is 0 Å². The van der Waals surface area contributed by atoms with Crippen molar-refractivity contribution in [3.63, 3.8) is 0 Å². The van der Waals surface area contributed by atoms with Crippen molar-refractivity contribution >= 4 is 22.0 Å². The Morgan fingerprint density at radius 1 is 0.709 bits per heavy atom. The van der Waals surface area contributed by atoms with E-state index in [1.165, 1.54) is 17.3 Å². The summed E-state index contributed by atoms with van der Waals surface area (Å²) < 4.78 is 30.0. The Morgan fingerprint density at radius 3 is 2.00 bits per heavy atom. The van der Waals surface area contributed by atoms with Crippen LogP contribution in [0.1, 0.15) is 41.6 Å². The molecule has 1 radical (unpaired) electrons. The predicted molar refractivity (Wildman–Crippen MR) is 223 cm³/mol. The molecule has 0 unspecified atom stereocenters. The van der Waals surface area contributed by atoms with E-state index in [2.05, 4.69) is 159 Å². The number of aromatic nitrogens is 3. The fourth-order valence-corrected chi connectivity index (χ4v) is 6.83. The molecule has 6 aromatic carbocycles. The first-order valence-electron chi connectivity index (χ1n) is 19.6. The summed E-state index contributed by atoms with van der Waals surface area (Å²) in [5, 5.41) is 1.02. The SMILES string of the molecule is Cc1cc(-c2ccccc2)c(-n2c(-c3[c-]oc4ccc(C(C)(C)C)cc34)nc3ccccc32)c(-c2ccccc2)c1.[2H]C([2H])([2H])c1ccc(-c2[c-]cccc2)nc1.[Ir]. The van der Waals surface area contributed by atoms with E-state index >= 15 is 0 Å². The second kappa shape index (κ2) is 15.8. The number of fused-ring (bicyclic) bond motifs is 2. The summed E-state index contributed by atoms with van der Waals surface area (Å²) in [5.74, 6) is 0.814. The summed E-state index contributed by atoms with van der Waals surface area (Å²) in [6.07, 6.45) is 4.64. The molecule has 9 aromatic rings. The van der Waals surface area contributed by atoms with Gasteiger partial charge in [-0.15, -0.1) is 35.9 Å². The van der Waals surface area contributed by atoms with Gasteiger partial charge in [-0.05, 0) is 71.4 Å². The van der Waals surface area contributed by atoms with Crippen molar-refractivity contribution in [1.29, 1.82) is 0 Å². The molecule has 55 heavy (non-hydrogen) atoms. The molecule has 3 heterocycles. The maximum absolute atomic E-state index is 7.23. The zero-order chi connectivity index (χ0) is 39.7. The number of imidazole rings is 1. The van der Waals surface area contributed by atoms with Gasteiger partial charge in [0.15, 0.2) is 0 Å². The predicted octanol–water partition coefficient (Wildman–Crippen LogP) is 13.0. The molecule has 0 fully saturated rings. The minimum absolute atomic E-state index is 0. The quantitative estimate of drug-likeness (QED) is 0.162. The van der Waals surface area contributed by atoms with Crippen LogP contribution in [0.25, 0.3) is 72.6 Å². The molecule has 5 heteroatoms. The molecule has 0 amide bonds. The van der Waals surface area contributed by atoms with Crippen LogP contribution in [-0.2, 0) is 25.5 Å². The van der Waals surface area contributed by atoms with E-state index in [-0.39, 0.29) is 31.1 Å². The molecule has 3 aromatic heterocycles. The Hall–Kier alpha value is -5.87. The Bertz CT molecular complexity index is 2750. The zero-order valence-electron chi connectivity index (χ0n) is 34.1. The van der Waals surface area contributed by atoms with Crippen molar-refractivity contribution < 1.29 is 28.6 Å². The maximum atomic E-state index is 7.23. The number of benzene rings is 6. The average molecular weight is 895 g/mol. The largest absolute Gasteiger partial charge is 0.557 e. The molecule has 9 rings (SSSR count). The second-order valence-electron chi connectivity index (χ2n) is 14.4. The fraction of sp³-hybridized carbons (Fsp3) is 0.120. The summed E-state index contributed by atoms with van der Waals surface area (Å²) in [6.45, 7) is 6.78. The van der Waals surface area contributed by atoms with Crippen LogP contribution in [0.5, 0.6) is 0 Å². The number of nitrogens with zero attached hydrogens (tertiary/aromatic N) is 3. The van der Waals surface area contributed by atoms with Crippen LogP contribution in [-0.4, -0.2) is 14.5 Å². The molecule has 0 aliphatic rings. The smallest absolute Gasteiger partial charge is 0.0774 e. The Morgan fingerprint density at radius 2 is 1.38 bits per heavy atom. The molecule has 0 saturated carbocycles. The normalized spacial score (nSPS) is 12.3. The molecule has 0 saturated heterocycles.